The fourth-order valence-corrected chi connectivity index (χ4v) is 2.62. The molecular formula is C13H19ClO2S. The maximum Gasteiger partial charge on any atom is 0.158 e. The lowest BCUT2D eigenvalue weighted by Crippen LogP contribution is -2.18. The molecule has 0 saturated heterocycles. The van der Waals surface area contributed by atoms with Crippen molar-refractivity contribution < 1.29 is 9.47 Å². The fourth-order valence-electron chi connectivity index (χ4n) is 1.41. The molecule has 0 aliphatic rings. The SMILES string of the molecule is CCOC(CCSc1ccccc1Cl)OCC. The number of ether oxygens (including phenoxy) is 2. The van der Waals surface area contributed by atoms with E-state index < -0.39 is 0 Å². The van der Waals surface area contributed by atoms with Gasteiger partial charge >= 0.3 is 0 Å². The molecule has 0 saturated carbocycles. The molecule has 0 spiro atoms. The summed E-state index contributed by atoms with van der Waals surface area (Å²) in [4.78, 5) is 1.11. The second-order valence-corrected chi connectivity index (χ2v) is 4.95. The molecule has 17 heavy (non-hydrogen) atoms. The van der Waals surface area contributed by atoms with E-state index in [1.54, 1.807) is 11.8 Å². The molecular weight excluding hydrogens is 256 g/mol. The van der Waals surface area contributed by atoms with Gasteiger partial charge in [0.2, 0.25) is 0 Å². The lowest BCUT2D eigenvalue weighted by atomic mass is 10.4. The quantitative estimate of drug-likeness (QED) is 0.522. The maximum absolute atomic E-state index is 6.08. The van der Waals surface area contributed by atoms with Gasteiger partial charge in [-0.1, -0.05) is 23.7 Å². The Bertz CT molecular complexity index is 314. The average Bonchev–Trinajstić information content (AvgIpc) is 2.32. The van der Waals surface area contributed by atoms with Crippen LogP contribution in [0.25, 0.3) is 0 Å². The topological polar surface area (TPSA) is 18.5 Å². The van der Waals surface area contributed by atoms with Gasteiger partial charge in [-0.25, -0.2) is 0 Å². The first-order chi connectivity index (χ1) is 8.27. The summed E-state index contributed by atoms with van der Waals surface area (Å²) in [5.74, 6) is 0.939. The Morgan fingerprint density at radius 3 is 2.41 bits per heavy atom. The van der Waals surface area contributed by atoms with Crippen LogP contribution in [0.5, 0.6) is 0 Å². The summed E-state index contributed by atoms with van der Waals surface area (Å²) in [6.07, 6.45) is 0.775. The van der Waals surface area contributed by atoms with Gasteiger partial charge in [-0.05, 0) is 26.0 Å². The van der Waals surface area contributed by atoms with Crippen LogP contribution in [0.3, 0.4) is 0 Å². The number of rotatable bonds is 8. The van der Waals surface area contributed by atoms with Crippen molar-refractivity contribution in [3.8, 4) is 0 Å². The van der Waals surface area contributed by atoms with Gasteiger partial charge in [0.25, 0.3) is 0 Å². The molecule has 96 valence electrons. The second kappa shape index (κ2) is 8.81. The standard InChI is InChI=1S/C13H19ClO2S/c1-3-15-13(16-4-2)9-10-17-12-8-6-5-7-11(12)14/h5-8,13H,3-4,9-10H2,1-2H3. The lowest BCUT2D eigenvalue weighted by Gasteiger charge is -2.16. The van der Waals surface area contributed by atoms with Crippen LogP contribution in [0.15, 0.2) is 29.2 Å². The highest BCUT2D eigenvalue weighted by atomic mass is 35.5. The van der Waals surface area contributed by atoms with Gasteiger partial charge in [0.15, 0.2) is 6.29 Å². The Morgan fingerprint density at radius 2 is 1.82 bits per heavy atom. The van der Waals surface area contributed by atoms with Crippen LogP contribution in [0, 0.1) is 0 Å². The normalized spacial score (nSPS) is 11.1. The molecule has 0 heterocycles. The summed E-state index contributed by atoms with van der Waals surface area (Å²) in [6, 6.07) is 7.88. The van der Waals surface area contributed by atoms with E-state index in [4.69, 9.17) is 21.1 Å². The summed E-state index contributed by atoms with van der Waals surface area (Å²) >= 11 is 7.81. The van der Waals surface area contributed by atoms with Gasteiger partial charge in [-0.15, -0.1) is 11.8 Å². The Labute approximate surface area is 113 Å². The monoisotopic (exact) mass is 274 g/mol. The van der Waals surface area contributed by atoms with Crippen LogP contribution in [-0.4, -0.2) is 25.3 Å². The third-order valence-electron chi connectivity index (χ3n) is 2.15. The molecule has 1 rings (SSSR count). The molecule has 0 aliphatic heterocycles. The third kappa shape index (κ3) is 5.77. The summed E-state index contributed by atoms with van der Waals surface area (Å²) in [5.41, 5.74) is 0. The Kier molecular flexibility index (Phi) is 7.69. The van der Waals surface area contributed by atoms with Gasteiger partial charge in [-0.2, -0.15) is 0 Å². The molecule has 0 aliphatic carbocycles. The van der Waals surface area contributed by atoms with Gasteiger partial charge in [0.05, 0.1) is 5.02 Å². The van der Waals surface area contributed by atoms with Crippen molar-refractivity contribution >= 4 is 23.4 Å². The van der Waals surface area contributed by atoms with E-state index in [-0.39, 0.29) is 6.29 Å². The molecule has 0 radical (unpaired) electrons. The molecule has 0 N–H and O–H groups in total. The van der Waals surface area contributed by atoms with Gasteiger partial charge in [0, 0.05) is 30.3 Å². The summed E-state index contributed by atoms with van der Waals surface area (Å²) < 4.78 is 11.0. The highest BCUT2D eigenvalue weighted by Crippen LogP contribution is 2.27. The van der Waals surface area contributed by atoms with Crippen molar-refractivity contribution in [2.75, 3.05) is 19.0 Å². The van der Waals surface area contributed by atoms with E-state index in [0.717, 1.165) is 22.1 Å². The molecule has 0 atom stereocenters. The molecule has 0 aromatic heterocycles. The van der Waals surface area contributed by atoms with Gasteiger partial charge in [0.1, 0.15) is 0 Å². The van der Waals surface area contributed by atoms with Crippen molar-refractivity contribution in [3.63, 3.8) is 0 Å². The maximum atomic E-state index is 6.08. The van der Waals surface area contributed by atoms with Crippen molar-refractivity contribution in [3.05, 3.63) is 29.3 Å². The molecule has 4 heteroatoms. The van der Waals surface area contributed by atoms with E-state index in [1.807, 2.05) is 38.1 Å². The highest BCUT2D eigenvalue weighted by Gasteiger charge is 2.08. The van der Waals surface area contributed by atoms with Crippen molar-refractivity contribution in [1.82, 2.24) is 0 Å². The number of thioether (sulfide) groups is 1. The molecule has 0 bridgehead atoms. The van der Waals surface area contributed by atoms with Crippen molar-refractivity contribution in [1.29, 1.82) is 0 Å². The van der Waals surface area contributed by atoms with E-state index in [1.165, 1.54) is 0 Å². The van der Waals surface area contributed by atoms with Gasteiger partial charge < -0.3 is 9.47 Å². The first-order valence-electron chi connectivity index (χ1n) is 5.88. The number of halogens is 1. The highest BCUT2D eigenvalue weighted by molar-refractivity contribution is 7.99. The number of benzene rings is 1. The third-order valence-corrected chi connectivity index (χ3v) is 3.70. The van der Waals surface area contributed by atoms with Gasteiger partial charge in [-0.3, -0.25) is 0 Å². The average molecular weight is 275 g/mol. The zero-order valence-electron chi connectivity index (χ0n) is 10.3. The van der Waals surface area contributed by atoms with E-state index in [0.29, 0.717) is 13.2 Å². The minimum absolute atomic E-state index is 0.0972. The molecule has 0 unspecified atom stereocenters. The van der Waals surface area contributed by atoms with Crippen LogP contribution in [0.1, 0.15) is 20.3 Å². The van der Waals surface area contributed by atoms with Crippen LogP contribution >= 0.6 is 23.4 Å². The number of hydrogen-bond acceptors (Lipinski definition) is 3. The number of hydrogen-bond donors (Lipinski definition) is 0. The van der Waals surface area contributed by atoms with E-state index in [9.17, 15) is 0 Å². The summed E-state index contributed by atoms with van der Waals surface area (Å²) in [7, 11) is 0. The molecule has 0 fully saturated rings. The van der Waals surface area contributed by atoms with E-state index >= 15 is 0 Å². The Hall–Kier alpha value is -0.220. The van der Waals surface area contributed by atoms with Crippen LogP contribution in [0.4, 0.5) is 0 Å². The fraction of sp³-hybridized carbons (Fsp3) is 0.538. The molecule has 1 aromatic carbocycles. The van der Waals surface area contributed by atoms with Crippen molar-refractivity contribution in [2.45, 2.75) is 31.5 Å². The largest absolute Gasteiger partial charge is 0.353 e. The van der Waals surface area contributed by atoms with Crippen LogP contribution < -0.4 is 0 Å². The molecule has 1 aromatic rings. The van der Waals surface area contributed by atoms with Crippen LogP contribution in [-0.2, 0) is 9.47 Å². The second-order valence-electron chi connectivity index (χ2n) is 3.41. The summed E-state index contributed by atoms with van der Waals surface area (Å²) in [6.45, 7) is 5.32. The Balaban J connectivity index is 2.33. The summed E-state index contributed by atoms with van der Waals surface area (Å²) in [5, 5.41) is 0.807. The predicted octanol–water partition coefficient (Wildman–Crippen LogP) is 4.22. The first kappa shape index (κ1) is 14.8. The smallest absolute Gasteiger partial charge is 0.158 e. The zero-order chi connectivity index (χ0) is 12.5. The first-order valence-corrected chi connectivity index (χ1v) is 7.24. The minimum Gasteiger partial charge on any atom is -0.353 e. The van der Waals surface area contributed by atoms with Crippen molar-refractivity contribution in [2.24, 2.45) is 0 Å². The lowest BCUT2D eigenvalue weighted by molar-refractivity contribution is -0.136. The molecule has 0 amide bonds. The van der Waals surface area contributed by atoms with Crippen LogP contribution in [0.2, 0.25) is 5.02 Å². The van der Waals surface area contributed by atoms with E-state index in [2.05, 4.69) is 0 Å². The Morgan fingerprint density at radius 1 is 1.18 bits per heavy atom. The zero-order valence-corrected chi connectivity index (χ0v) is 11.9. The molecule has 2 nitrogen and oxygen atoms in total. The minimum atomic E-state index is -0.0972. The predicted molar refractivity (Wildman–Crippen MR) is 73.8 cm³/mol.